The van der Waals surface area contributed by atoms with Gasteiger partial charge < -0.3 is 10.4 Å². The molecule has 2 N–H and O–H groups in total. The lowest BCUT2D eigenvalue weighted by Crippen LogP contribution is -2.34. The van der Waals surface area contributed by atoms with E-state index >= 15 is 0 Å². The standard InChI is InChI=1S/C13H12N2O3S2/c16-10(14-7-13(2-3-13)12(17)18)9-6-20-11(15-9)8-1-4-19-5-8/h1,4-6H,2-3,7H2,(H,14,16)(H,17,18). The zero-order valence-electron chi connectivity index (χ0n) is 10.5. The Kier molecular flexibility index (Phi) is 3.31. The fourth-order valence-corrected chi connectivity index (χ4v) is 3.37. The van der Waals surface area contributed by atoms with Gasteiger partial charge in [-0.1, -0.05) is 0 Å². The lowest BCUT2D eigenvalue weighted by molar-refractivity contribution is -0.143. The Balaban J connectivity index is 1.65. The molecule has 1 saturated carbocycles. The molecule has 0 aromatic carbocycles. The van der Waals surface area contributed by atoms with E-state index in [1.165, 1.54) is 11.3 Å². The lowest BCUT2D eigenvalue weighted by atomic mass is 10.1. The zero-order chi connectivity index (χ0) is 14.2. The molecule has 104 valence electrons. The van der Waals surface area contributed by atoms with Crippen molar-refractivity contribution in [1.82, 2.24) is 10.3 Å². The minimum Gasteiger partial charge on any atom is -0.481 e. The van der Waals surface area contributed by atoms with Crippen LogP contribution in [0.5, 0.6) is 0 Å². The molecular weight excluding hydrogens is 296 g/mol. The molecule has 2 aromatic heterocycles. The van der Waals surface area contributed by atoms with Crippen molar-refractivity contribution in [2.45, 2.75) is 12.8 Å². The summed E-state index contributed by atoms with van der Waals surface area (Å²) in [5.41, 5.74) is 0.600. The van der Waals surface area contributed by atoms with Crippen LogP contribution in [0, 0.1) is 5.41 Å². The van der Waals surface area contributed by atoms with E-state index in [-0.39, 0.29) is 12.5 Å². The molecule has 0 aliphatic heterocycles. The van der Waals surface area contributed by atoms with Crippen molar-refractivity contribution in [3.63, 3.8) is 0 Å². The number of rotatable bonds is 5. The van der Waals surface area contributed by atoms with Gasteiger partial charge in [-0.2, -0.15) is 11.3 Å². The number of nitrogens with one attached hydrogen (secondary N) is 1. The first-order chi connectivity index (χ1) is 9.61. The Morgan fingerprint density at radius 3 is 2.80 bits per heavy atom. The maximum absolute atomic E-state index is 12.0. The number of hydrogen-bond donors (Lipinski definition) is 2. The van der Waals surface area contributed by atoms with E-state index in [1.54, 1.807) is 16.7 Å². The third kappa shape index (κ3) is 2.46. The molecule has 0 atom stereocenters. The molecule has 7 heteroatoms. The van der Waals surface area contributed by atoms with Gasteiger partial charge >= 0.3 is 5.97 Å². The van der Waals surface area contributed by atoms with Crippen LogP contribution in [-0.2, 0) is 4.79 Å². The largest absolute Gasteiger partial charge is 0.481 e. The Morgan fingerprint density at radius 1 is 1.40 bits per heavy atom. The second-order valence-electron chi connectivity index (χ2n) is 4.82. The van der Waals surface area contributed by atoms with Gasteiger partial charge in [0.05, 0.1) is 5.41 Å². The summed E-state index contributed by atoms with van der Waals surface area (Å²) in [5.74, 6) is -1.15. The van der Waals surface area contributed by atoms with Crippen LogP contribution in [0.2, 0.25) is 0 Å². The van der Waals surface area contributed by atoms with Crippen LogP contribution in [0.25, 0.3) is 10.6 Å². The number of carbonyl (C=O) groups excluding carboxylic acids is 1. The van der Waals surface area contributed by atoms with E-state index in [0.717, 1.165) is 10.6 Å². The Morgan fingerprint density at radius 2 is 2.20 bits per heavy atom. The van der Waals surface area contributed by atoms with Gasteiger partial charge in [0.15, 0.2) is 0 Å². The topological polar surface area (TPSA) is 79.3 Å². The monoisotopic (exact) mass is 308 g/mol. The molecule has 0 radical (unpaired) electrons. The van der Waals surface area contributed by atoms with E-state index < -0.39 is 11.4 Å². The first kappa shape index (κ1) is 13.3. The molecular formula is C13H12N2O3S2. The number of aromatic nitrogens is 1. The van der Waals surface area contributed by atoms with Crippen molar-refractivity contribution in [2.75, 3.05) is 6.54 Å². The van der Waals surface area contributed by atoms with Gasteiger partial charge in [-0.25, -0.2) is 4.98 Å². The smallest absolute Gasteiger partial charge is 0.311 e. The number of nitrogens with zero attached hydrogens (tertiary/aromatic N) is 1. The molecule has 1 fully saturated rings. The van der Waals surface area contributed by atoms with Crippen molar-refractivity contribution in [3.05, 3.63) is 27.9 Å². The van der Waals surface area contributed by atoms with Gasteiger partial charge in [-0.3, -0.25) is 9.59 Å². The molecule has 0 spiro atoms. The fourth-order valence-electron chi connectivity index (χ4n) is 1.85. The maximum atomic E-state index is 12.0. The number of amides is 1. The number of carbonyl (C=O) groups is 2. The molecule has 3 rings (SSSR count). The van der Waals surface area contributed by atoms with Gasteiger partial charge in [0, 0.05) is 22.9 Å². The summed E-state index contributed by atoms with van der Waals surface area (Å²) in [4.78, 5) is 27.3. The van der Waals surface area contributed by atoms with E-state index in [4.69, 9.17) is 5.11 Å². The third-order valence-electron chi connectivity index (χ3n) is 3.40. The van der Waals surface area contributed by atoms with E-state index in [2.05, 4.69) is 10.3 Å². The highest BCUT2D eigenvalue weighted by Gasteiger charge is 2.50. The van der Waals surface area contributed by atoms with Crippen LogP contribution in [0.3, 0.4) is 0 Å². The third-order valence-corrected chi connectivity index (χ3v) is 4.97. The SMILES string of the molecule is O=C(NCC1(C(=O)O)CC1)c1csc(-c2ccsc2)n1. The first-order valence-electron chi connectivity index (χ1n) is 6.10. The Labute approximate surface area is 123 Å². The molecule has 2 heterocycles. The maximum Gasteiger partial charge on any atom is 0.311 e. The Bertz CT molecular complexity index is 644. The molecule has 0 bridgehead atoms. The quantitative estimate of drug-likeness (QED) is 0.889. The van der Waals surface area contributed by atoms with Crippen LogP contribution < -0.4 is 5.32 Å². The Hall–Kier alpha value is -1.73. The highest BCUT2D eigenvalue weighted by molar-refractivity contribution is 7.14. The summed E-state index contributed by atoms with van der Waals surface area (Å²) < 4.78 is 0. The predicted molar refractivity (Wildman–Crippen MR) is 77.1 cm³/mol. The van der Waals surface area contributed by atoms with E-state index in [9.17, 15) is 9.59 Å². The molecule has 2 aromatic rings. The second kappa shape index (κ2) is 4.99. The van der Waals surface area contributed by atoms with Crippen LogP contribution >= 0.6 is 22.7 Å². The average Bonchev–Trinajstić information content (AvgIpc) is 2.87. The van der Waals surface area contributed by atoms with Crippen LogP contribution in [0.15, 0.2) is 22.2 Å². The van der Waals surface area contributed by atoms with Gasteiger partial charge in [0.2, 0.25) is 0 Å². The van der Waals surface area contributed by atoms with Gasteiger partial charge in [-0.05, 0) is 24.3 Å². The van der Waals surface area contributed by atoms with Gasteiger partial charge in [-0.15, -0.1) is 11.3 Å². The zero-order valence-corrected chi connectivity index (χ0v) is 12.1. The van der Waals surface area contributed by atoms with Crippen molar-refractivity contribution in [3.8, 4) is 10.6 Å². The predicted octanol–water partition coefficient (Wildman–Crippen LogP) is 2.47. The molecule has 20 heavy (non-hydrogen) atoms. The molecule has 5 nitrogen and oxygen atoms in total. The molecule has 1 amide bonds. The van der Waals surface area contributed by atoms with E-state index in [1.807, 2.05) is 16.8 Å². The summed E-state index contributed by atoms with van der Waals surface area (Å²) in [6, 6.07) is 1.95. The molecule has 0 unspecified atom stereocenters. The van der Waals surface area contributed by atoms with Crippen LogP contribution in [0.1, 0.15) is 23.3 Å². The normalized spacial score (nSPS) is 15.8. The summed E-state index contributed by atoms with van der Waals surface area (Å²) in [6.07, 6.45) is 1.25. The number of hydrogen-bond acceptors (Lipinski definition) is 5. The minimum absolute atomic E-state index is 0.173. The summed E-state index contributed by atoms with van der Waals surface area (Å²) in [7, 11) is 0. The highest BCUT2D eigenvalue weighted by Crippen LogP contribution is 2.45. The summed E-state index contributed by atoms with van der Waals surface area (Å²) >= 11 is 2.99. The number of carboxylic acids is 1. The summed E-state index contributed by atoms with van der Waals surface area (Å²) in [5, 5.41) is 18.2. The molecule has 0 saturated heterocycles. The van der Waals surface area contributed by atoms with Gasteiger partial charge in [0.25, 0.3) is 5.91 Å². The number of aliphatic carboxylic acids is 1. The van der Waals surface area contributed by atoms with E-state index in [0.29, 0.717) is 18.5 Å². The van der Waals surface area contributed by atoms with Crippen LogP contribution in [0.4, 0.5) is 0 Å². The number of thiazole rings is 1. The van der Waals surface area contributed by atoms with Crippen molar-refractivity contribution in [2.24, 2.45) is 5.41 Å². The second-order valence-corrected chi connectivity index (χ2v) is 6.46. The van der Waals surface area contributed by atoms with Crippen molar-refractivity contribution < 1.29 is 14.7 Å². The highest BCUT2D eigenvalue weighted by atomic mass is 32.1. The first-order valence-corrected chi connectivity index (χ1v) is 7.93. The van der Waals surface area contributed by atoms with Crippen molar-refractivity contribution >= 4 is 34.6 Å². The molecule has 1 aliphatic rings. The van der Waals surface area contributed by atoms with Crippen molar-refractivity contribution in [1.29, 1.82) is 0 Å². The number of thiophene rings is 1. The average molecular weight is 308 g/mol. The fraction of sp³-hybridized carbons (Fsp3) is 0.308. The lowest BCUT2D eigenvalue weighted by Gasteiger charge is -2.09. The number of carboxylic acid groups (broad SMARTS) is 1. The summed E-state index contributed by atoms with van der Waals surface area (Å²) in [6.45, 7) is 0.173. The minimum atomic E-state index is -0.838. The molecule has 1 aliphatic carbocycles. The van der Waals surface area contributed by atoms with Crippen LogP contribution in [-0.4, -0.2) is 28.5 Å². The van der Waals surface area contributed by atoms with Gasteiger partial charge in [0.1, 0.15) is 10.7 Å².